The molecule has 2 aromatic rings. The zero-order valence-electron chi connectivity index (χ0n) is 12.5. The first-order valence-electron chi connectivity index (χ1n) is 6.99. The molecule has 0 aliphatic rings. The van der Waals surface area contributed by atoms with E-state index in [4.69, 9.17) is 9.47 Å². The van der Waals surface area contributed by atoms with Crippen LogP contribution in [0, 0.1) is 0 Å². The summed E-state index contributed by atoms with van der Waals surface area (Å²) in [4.78, 5) is 12.3. The number of nitrogens with one attached hydrogen (secondary N) is 1. The lowest BCUT2D eigenvalue weighted by atomic mass is 10.2. The van der Waals surface area contributed by atoms with Crippen molar-refractivity contribution < 1.29 is 14.3 Å². The molecule has 2 aromatic carbocycles. The van der Waals surface area contributed by atoms with E-state index in [1.54, 1.807) is 19.2 Å². The maximum atomic E-state index is 12.3. The molecule has 0 aromatic heterocycles. The molecule has 4 nitrogen and oxygen atoms in total. The van der Waals surface area contributed by atoms with Crippen LogP contribution in [0.25, 0.3) is 0 Å². The first-order chi connectivity index (χ1) is 10.6. The Morgan fingerprint density at radius 3 is 2.50 bits per heavy atom. The maximum Gasteiger partial charge on any atom is 0.265 e. The van der Waals surface area contributed by atoms with Crippen molar-refractivity contribution in [2.45, 2.75) is 19.4 Å². The van der Waals surface area contributed by atoms with Crippen LogP contribution in [0.4, 0.5) is 5.69 Å². The van der Waals surface area contributed by atoms with E-state index in [0.29, 0.717) is 17.9 Å². The van der Waals surface area contributed by atoms with Crippen LogP contribution in [-0.2, 0) is 4.79 Å². The summed E-state index contributed by atoms with van der Waals surface area (Å²) in [5.41, 5.74) is 0.737. The number of carbonyl (C=O) groups excluding carboxylic acids is 1. The number of anilines is 1. The van der Waals surface area contributed by atoms with Gasteiger partial charge in [-0.3, -0.25) is 4.79 Å². The van der Waals surface area contributed by atoms with E-state index in [2.05, 4.69) is 21.2 Å². The van der Waals surface area contributed by atoms with Gasteiger partial charge in [0, 0.05) is 16.2 Å². The molecule has 0 unspecified atom stereocenters. The molecule has 5 heteroatoms. The number of carbonyl (C=O) groups is 1. The number of hydrogen-bond donors (Lipinski definition) is 1. The number of rotatable bonds is 6. The minimum Gasteiger partial charge on any atom is -0.497 e. The van der Waals surface area contributed by atoms with E-state index < -0.39 is 6.10 Å². The van der Waals surface area contributed by atoms with Gasteiger partial charge in [0.25, 0.3) is 5.91 Å². The first-order valence-corrected chi connectivity index (χ1v) is 7.79. The third-order valence-corrected chi connectivity index (χ3v) is 3.62. The molecular formula is C17H18BrNO3. The molecule has 22 heavy (non-hydrogen) atoms. The van der Waals surface area contributed by atoms with E-state index in [1.807, 2.05) is 43.3 Å². The number of hydrogen-bond acceptors (Lipinski definition) is 3. The first kappa shape index (κ1) is 16.4. The largest absolute Gasteiger partial charge is 0.497 e. The summed E-state index contributed by atoms with van der Waals surface area (Å²) >= 11 is 3.36. The summed E-state index contributed by atoms with van der Waals surface area (Å²) in [5.74, 6) is 1.13. The Morgan fingerprint density at radius 1 is 1.18 bits per heavy atom. The zero-order chi connectivity index (χ0) is 15.9. The molecule has 0 aliphatic carbocycles. The minimum atomic E-state index is -0.559. The lowest BCUT2D eigenvalue weighted by molar-refractivity contribution is -0.122. The number of methoxy groups -OCH3 is 1. The Kier molecular flexibility index (Phi) is 5.83. The SMILES string of the molecule is CC[C@H](Oc1cccc(OC)c1)C(=O)Nc1ccc(Br)cc1. The van der Waals surface area contributed by atoms with Gasteiger partial charge >= 0.3 is 0 Å². The fourth-order valence-corrected chi connectivity index (χ4v) is 2.18. The Bertz CT molecular complexity index is 628. The summed E-state index contributed by atoms with van der Waals surface area (Å²) in [6, 6.07) is 14.6. The van der Waals surface area contributed by atoms with Gasteiger partial charge in [-0.2, -0.15) is 0 Å². The van der Waals surface area contributed by atoms with Crippen molar-refractivity contribution in [3.63, 3.8) is 0 Å². The molecule has 2 rings (SSSR count). The smallest absolute Gasteiger partial charge is 0.265 e. The Labute approximate surface area is 138 Å². The van der Waals surface area contributed by atoms with Crippen molar-refractivity contribution in [2.75, 3.05) is 12.4 Å². The van der Waals surface area contributed by atoms with Gasteiger partial charge in [-0.25, -0.2) is 0 Å². The van der Waals surface area contributed by atoms with Crippen molar-refractivity contribution in [1.82, 2.24) is 0 Å². The number of halogens is 1. The van der Waals surface area contributed by atoms with Crippen LogP contribution in [0.5, 0.6) is 11.5 Å². The Hall–Kier alpha value is -2.01. The van der Waals surface area contributed by atoms with Crippen molar-refractivity contribution >= 4 is 27.5 Å². The van der Waals surface area contributed by atoms with Crippen LogP contribution in [-0.4, -0.2) is 19.1 Å². The second-order valence-electron chi connectivity index (χ2n) is 4.69. The lowest BCUT2D eigenvalue weighted by Gasteiger charge is -2.17. The summed E-state index contributed by atoms with van der Waals surface area (Å²) < 4.78 is 11.9. The highest BCUT2D eigenvalue weighted by molar-refractivity contribution is 9.10. The van der Waals surface area contributed by atoms with Gasteiger partial charge < -0.3 is 14.8 Å². The molecule has 0 saturated carbocycles. The van der Waals surface area contributed by atoms with Crippen LogP contribution < -0.4 is 14.8 Å². The molecular weight excluding hydrogens is 346 g/mol. The molecule has 0 radical (unpaired) electrons. The summed E-state index contributed by atoms with van der Waals surface area (Å²) in [5, 5.41) is 2.85. The topological polar surface area (TPSA) is 47.6 Å². The minimum absolute atomic E-state index is 0.173. The molecule has 0 spiro atoms. The van der Waals surface area contributed by atoms with Gasteiger partial charge in [0.1, 0.15) is 11.5 Å². The highest BCUT2D eigenvalue weighted by atomic mass is 79.9. The Balaban J connectivity index is 2.03. The van der Waals surface area contributed by atoms with Gasteiger partial charge in [0.2, 0.25) is 0 Å². The average molecular weight is 364 g/mol. The molecule has 0 aliphatic heterocycles. The van der Waals surface area contributed by atoms with Crippen LogP contribution in [0.3, 0.4) is 0 Å². The fourth-order valence-electron chi connectivity index (χ4n) is 1.92. The van der Waals surface area contributed by atoms with Crippen LogP contribution >= 0.6 is 15.9 Å². The second-order valence-corrected chi connectivity index (χ2v) is 5.61. The lowest BCUT2D eigenvalue weighted by Crippen LogP contribution is -2.32. The average Bonchev–Trinajstić information content (AvgIpc) is 2.54. The van der Waals surface area contributed by atoms with E-state index in [9.17, 15) is 4.79 Å². The van der Waals surface area contributed by atoms with E-state index in [-0.39, 0.29) is 5.91 Å². The highest BCUT2D eigenvalue weighted by Gasteiger charge is 2.18. The predicted octanol–water partition coefficient (Wildman–Crippen LogP) is 4.25. The van der Waals surface area contributed by atoms with E-state index in [0.717, 1.165) is 10.2 Å². The third kappa shape index (κ3) is 4.49. The second kappa shape index (κ2) is 7.84. The number of ether oxygens (including phenoxy) is 2. The van der Waals surface area contributed by atoms with Gasteiger partial charge in [-0.15, -0.1) is 0 Å². The quantitative estimate of drug-likeness (QED) is 0.834. The third-order valence-electron chi connectivity index (χ3n) is 3.09. The molecule has 1 atom stereocenters. The van der Waals surface area contributed by atoms with Crippen LogP contribution in [0.15, 0.2) is 53.0 Å². The predicted molar refractivity (Wildman–Crippen MR) is 90.5 cm³/mol. The maximum absolute atomic E-state index is 12.3. The standard InChI is InChI=1S/C17H18BrNO3/c1-3-16(22-15-6-4-5-14(11-15)21-2)17(20)19-13-9-7-12(18)8-10-13/h4-11,16H,3H2,1-2H3,(H,19,20)/t16-/m0/s1. The van der Waals surface area contributed by atoms with E-state index >= 15 is 0 Å². The molecule has 0 fully saturated rings. The molecule has 1 N–H and O–H groups in total. The fraction of sp³-hybridized carbons (Fsp3) is 0.235. The summed E-state index contributed by atoms with van der Waals surface area (Å²) in [6.45, 7) is 1.91. The van der Waals surface area contributed by atoms with Crippen LogP contribution in [0.1, 0.15) is 13.3 Å². The zero-order valence-corrected chi connectivity index (χ0v) is 14.1. The van der Waals surface area contributed by atoms with E-state index in [1.165, 1.54) is 0 Å². The van der Waals surface area contributed by atoms with Gasteiger partial charge in [0.15, 0.2) is 6.10 Å². The van der Waals surface area contributed by atoms with Crippen molar-refractivity contribution in [2.24, 2.45) is 0 Å². The summed E-state index contributed by atoms with van der Waals surface area (Å²) in [7, 11) is 1.59. The number of benzene rings is 2. The van der Waals surface area contributed by atoms with Gasteiger partial charge in [0.05, 0.1) is 7.11 Å². The van der Waals surface area contributed by atoms with Crippen LogP contribution in [0.2, 0.25) is 0 Å². The normalized spacial score (nSPS) is 11.6. The molecule has 116 valence electrons. The highest BCUT2D eigenvalue weighted by Crippen LogP contribution is 2.21. The van der Waals surface area contributed by atoms with Gasteiger partial charge in [-0.1, -0.05) is 28.9 Å². The summed E-state index contributed by atoms with van der Waals surface area (Å²) in [6.07, 6.45) is 0.00953. The molecule has 1 amide bonds. The van der Waals surface area contributed by atoms with Gasteiger partial charge in [-0.05, 0) is 42.8 Å². The molecule has 0 saturated heterocycles. The Morgan fingerprint density at radius 2 is 1.86 bits per heavy atom. The number of amides is 1. The molecule has 0 heterocycles. The van der Waals surface area contributed by atoms with Crippen molar-refractivity contribution in [3.05, 3.63) is 53.0 Å². The van der Waals surface area contributed by atoms with Crippen molar-refractivity contribution in [1.29, 1.82) is 0 Å². The monoisotopic (exact) mass is 363 g/mol. The van der Waals surface area contributed by atoms with Crippen molar-refractivity contribution in [3.8, 4) is 11.5 Å². The molecule has 0 bridgehead atoms.